The molecule has 0 radical (unpaired) electrons. The lowest BCUT2D eigenvalue weighted by Gasteiger charge is -2.28. The second-order valence-electron chi connectivity index (χ2n) is 5.58. The number of aromatic nitrogens is 1. The molecule has 1 saturated carbocycles. The molecule has 3 heteroatoms. The van der Waals surface area contributed by atoms with E-state index in [9.17, 15) is 0 Å². The van der Waals surface area contributed by atoms with Gasteiger partial charge in [0.15, 0.2) is 0 Å². The summed E-state index contributed by atoms with van der Waals surface area (Å²) in [6.45, 7) is 2.17. The summed E-state index contributed by atoms with van der Waals surface area (Å²) in [5, 5.41) is 2.35. The Bertz CT molecular complexity index is 558. The highest BCUT2D eigenvalue weighted by atomic mass is 79.9. The summed E-state index contributed by atoms with van der Waals surface area (Å²) >= 11 is 3.61. The molecule has 1 aromatic heterocycles. The third-order valence-electron chi connectivity index (χ3n) is 4.33. The van der Waals surface area contributed by atoms with Crippen LogP contribution in [-0.4, -0.2) is 27.8 Å². The fourth-order valence-corrected chi connectivity index (χ4v) is 3.74. The van der Waals surface area contributed by atoms with Crippen LogP contribution in [-0.2, 0) is 6.54 Å². The molecule has 0 unspecified atom stereocenters. The van der Waals surface area contributed by atoms with Crippen LogP contribution in [0.15, 0.2) is 36.5 Å². The van der Waals surface area contributed by atoms with Gasteiger partial charge in [-0.05, 0) is 30.5 Å². The number of fused-ring (bicyclic) bond motifs is 1. The van der Waals surface area contributed by atoms with E-state index in [1.165, 1.54) is 36.6 Å². The van der Waals surface area contributed by atoms with E-state index in [1.807, 2.05) is 6.20 Å². The Hall–Kier alpha value is -0.930. The van der Waals surface area contributed by atoms with Crippen molar-refractivity contribution in [2.24, 2.45) is 0 Å². The fourth-order valence-electron chi connectivity index (χ4n) is 3.28. The highest BCUT2D eigenvalue weighted by molar-refractivity contribution is 9.09. The molecule has 2 nitrogen and oxygen atoms in total. The monoisotopic (exact) mass is 332 g/mol. The first-order valence-corrected chi connectivity index (χ1v) is 8.63. The molecule has 0 aliphatic heterocycles. The number of hydrogen-bond donors (Lipinski definition) is 0. The number of hydrogen-bond acceptors (Lipinski definition) is 2. The molecule has 20 heavy (non-hydrogen) atoms. The number of nitrogens with zero attached hydrogens (tertiary/aromatic N) is 2. The van der Waals surface area contributed by atoms with Gasteiger partial charge in [0.2, 0.25) is 0 Å². The normalized spacial score (nSPS) is 16.3. The smallest absolute Gasteiger partial charge is 0.0705 e. The van der Waals surface area contributed by atoms with Gasteiger partial charge < -0.3 is 0 Å². The highest BCUT2D eigenvalue weighted by Crippen LogP contribution is 2.26. The van der Waals surface area contributed by atoms with Crippen LogP contribution in [0.5, 0.6) is 0 Å². The highest BCUT2D eigenvalue weighted by Gasteiger charge is 2.22. The summed E-state index contributed by atoms with van der Waals surface area (Å²) in [5.41, 5.74) is 2.51. The lowest BCUT2D eigenvalue weighted by atomic mass is 10.1. The molecule has 1 aliphatic rings. The van der Waals surface area contributed by atoms with Crippen LogP contribution in [0.3, 0.4) is 0 Å². The van der Waals surface area contributed by atoms with E-state index in [2.05, 4.69) is 56.1 Å². The Labute approximate surface area is 129 Å². The van der Waals surface area contributed by atoms with E-state index in [1.54, 1.807) is 0 Å². The Morgan fingerprint density at radius 2 is 1.95 bits per heavy atom. The maximum atomic E-state index is 4.46. The van der Waals surface area contributed by atoms with Crippen molar-refractivity contribution in [1.82, 2.24) is 9.88 Å². The van der Waals surface area contributed by atoms with Crippen LogP contribution in [0.25, 0.3) is 10.9 Å². The van der Waals surface area contributed by atoms with Gasteiger partial charge in [-0.25, -0.2) is 0 Å². The second-order valence-corrected chi connectivity index (χ2v) is 6.38. The van der Waals surface area contributed by atoms with Gasteiger partial charge in [0.25, 0.3) is 0 Å². The third-order valence-corrected chi connectivity index (χ3v) is 4.68. The third kappa shape index (κ3) is 3.04. The van der Waals surface area contributed by atoms with Gasteiger partial charge >= 0.3 is 0 Å². The number of halogens is 1. The first-order chi connectivity index (χ1) is 9.88. The minimum Gasteiger partial charge on any atom is -0.295 e. The van der Waals surface area contributed by atoms with Gasteiger partial charge in [-0.3, -0.25) is 9.88 Å². The Balaban J connectivity index is 1.86. The molecule has 0 N–H and O–H groups in total. The zero-order chi connectivity index (χ0) is 13.8. The molecule has 0 spiro atoms. The standard InChI is InChI=1S/C17H21BrN2/c18-10-12-20(15-5-1-2-6-15)13-14-9-11-19-17-8-4-3-7-16(14)17/h3-4,7-9,11,15H,1-2,5-6,10,12-13H2. The van der Waals surface area contributed by atoms with Crippen LogP contribution < -0.4 is 0 Å². The van der Waals surface area contributed by atoms with Crippen molar-refractivity contribution in [2.75, 3.05) is 11.9 Å². The number of pyridine rings is 1. The number of benzene rings is 1. The van der Waals surface area contributed by atoms with E-state index in [0.29, 0.717) is 0 Å². The second kappa shape index (κ2) is 6.68. The van der Waals surface area contributed by atoms with Crippen molar-refractivity contribution in [3.8, 4) is 0 Å². The van der Waals surface area contributed by atoms with Crippen molar-refractivity contribution in [2.45, 2.75) is 38.3 Å². The molecule has 1 aromatic carbocycles. The SMILES string of the molecule is BrCCN(Cc1ccnc2ccccc12)C1CCCC1. The Morgan fingerprint density at radius 1 is 1.15 bits per heavy atom. The quantitative estimate of drug-likeness (QED) is 0.755. The lowest BCUT2D eigenvalue weighted by molar-refractivity contribution is 0.203. The first-order valence-electron chi connectivity index (χ1n) is 7.51. The summed E-state index contributed by atoms with van der Waals surface area (Å²) in [4.78, 5) is 7.11. The molecule has 1 heterocycles. The molecule has 106 valence electrons. The van der Waals surface area contributed by atoms with Crippen molar-refractivity contribution in [1.29, 1.82) is 0 Å². The molecule has 0 amide bonds. The largest absolute Gasteiger partial charge is 0.295 e. The van der Waals surface area contributed by atoms with E-state index < -0.39 is 0 Å². The summed E-state index contributed by atoms with van der Waals surface area (Å²) in [6, 6.07) is 11.4. The first kappa shape index (κ1) is 14.0. The molecule has 1 aliphatic carbocycles. The summed E-state index contributed by atoms with van der Waals surface area (Å²) in [5.74, 6) is 0. The Kier molecular flexibility index (Phi) is 4.69. The van der Waals surface area contributed by atoms with Crippen LogP contribution in [0, 0.1) is 0 Å². The average molecular weight is 333 g/mol. The zero-order valence-corrected chi connectivity index (χ0v) is 13.3. The lowest BCUT2D eigenvalue weighted by Crippen LogP contribution is -2.34. The van der Waals surface area contributed by atoms with Crippen molar-refractivity contribution >= 4 is 26.8 Å². The van der Waals surface area contributed by atoms with Gasteiger partial charge in [-0.1, -0.05) is 47.0 Å². The van der Waals surface area contributed by atoms with Crippen molar-refractivity contribution < 1.29 is 0 Å². The van der Waals surface area contributed by atoms with Crippen LogP contribution >= 0.6 is 15.9 Å². The molecule has 2 aromatic rings. The maximum Gasteiger partial charge on any atom is 0.0705 e. The van der Waals surface area contributed by atoms with Crippen molar-refractivity contribution in [3.63, 3.8) is 0 Å². The number of rotatable bonds is 5. The minimum atomic E-state index is 0.763. The molecule has 1 fully saturated rings. The number of para-hydroxylation sites is 1. The Morgan fingerprint density at radius 3 is 2.75 bits per heavy atom. The van der Waals surface area contributed by atoms with E-state index >= 15 is 0 Å². The molecular weight excluding hydrogens is 312 g/mol. The van der Waals surface area contributed by atoms with Crippen molar-refractivity contribution in [3.05, 3.63) is 42.1 Å². The van der Waals surface area contributed by atoms with Crippen LogP contribution in [0.4, 0.5) is 0 Å². The maximum absolute atomic E-state index is 4.46. The zero-order valence-electron chi connectivity index (χ0n) is 11.8. The molecular formula is C17H21BrN2. The van der Waals surface area contributed by atoms with Gasteiger partial charge in [0, 0.05) is 36.0 Å². The van der Waals surface area contributed by atoms with E-state index in [4.69, 9.17) is 0 Å². The van der Waals surface area contributed by atoms with Gasteiger partial charge in [-0.15, -0.1) is 0 Å². The summed E-state index contributed by atoms with van der Waals surface area (Å²) < 4.78 is 0. The van der Waals surface area contributed by atoms with Crippen LogP contribution in [0.2, 0.25) is 0 Å². The minimum absolute atomic E-state index is 0.763. The van der Waals surface area contributed by atoms with Gasteiger partial charge in [0.05, 0.1) is 5.52 Å². The van der Waals surface area contributed by atoms with E-state index in [-0.39, 0.29) is 0 Å². The van der Waals surface area contributed by atoms with E-state index in [0.717, 1.165) is 30.0 Å². The average Bonchev–Trinajstić information content (AvgIpc) is 3.01. The molecule has 0 bridgehead atoms. The molecule has 0 saturated heterocycles. The molecule has 3 rings (SSSR count). The fraction of sp³-hybridized carbons (Fsp3) is 0.471. The topological polar surface area (TPSA) is 16.1 Å². The van der Waals surface area contributed by atoms with Crippen LogP contribution in [0.1, 0.15) is 31.2 Å². The molecule has 0 atom stereocenters. The number of alkyl halides is 1. The predicted octanol–water partition coefficient (Wildman–Crippen LogP) is 4.37. The predicted molar refractivity (Wildman–Crippen MR) is 88.2 cm³/mol. The van der Waals surface area contributed by atoms with Gasteiger partial charge in [-0.2, -0.15) is 0 Å². The summed E-state index contributed by atoms with van der Waals surface area (Å²) in [7, 11) is 0. The van der Waals surface area contributed by atoms with Gasteiger partial charge in [0.1, 0.15) is 0 Å². The summed E-state index contributed by atoms with van der Waals surface area (Å²) in [6.07, 6.45) is 7.44.